The highest BCUT2D eigenvalue weighted by Crippen LogP contribution is 2.37. The summed E-state index contributed by atoms with van der Waals surface area (Å²) in [5, 5.41) is 0.676. The van der Waals surface area contributed by atoms with E-state index in [1.54, 1.807) is 7.05 Å². The van der Waals surface area contributed by atoms with Crippen molar-refractivity contribution in [3.63, 3.8) is 0 Å². The first-order chi connectivity index (χ1) is 16.3. The van der Waals surface area contributed by atoms with Crippen molar-refractivity contribution in [3.05, 3.63) is 87.4 Å². The number of para-hydroxylation sites is 1. The van der Waals surface area contributed by atoms with Crippen molar-refractivity contribution in [2.24, 2.45) is 0 Å². The zero-order valence-corrected chi connectivity index (χ0v) is 20.2. The Morgan fingerprint density at radius 3 is 2.62 bits per heavy atom. The molecule has 3 aromatic carbocycles. The zero-order chi connectivity index (χ0) is 23.9. The van der Waals surface area contributed by atoms with Crippen molar-refractivity contribution >= 4 is 44.1 Å². The molecule has 1 aromatic heterocycles. The molecule has 34 heavy (non-hydrogen) atoms. The molecule has 0 unspecified atom stereocenters. The predicted molar refractivity (Wildman–Crippen MR) is 134 cm³/mol. The van der Waals surface area contributed by atoms with E-state index < -0.39 is 15.8 Å². The monoisotopic (exact) mass is 497 g/mol. The van der Waals surface area contributed by atoms with E-state index in [9.17, 15) is 13.2 Å². The summed E-state index contributed by atoms with van der Waals surface area (Å²) in [4.78, 5) is 16.2. The molecule has 5 rings (SSSR count). The van der Waals surface area contributed by atoms with Crippen LogP contribution in [-0.2, 0) is 22.9 Å². The number of sulfonamides is 1. The second-order valence-corrected chi connectivity index (χ2v) is 10.9. The molecule has 0 spiro atoms. The molecular weight excluding hydrogens is 474 g/mol. The first kappa shape index (κ1) is 22.7. The minimum absolute atomic E-state index is 0.0856. The number of nitrogens with one attached hydrogen (secondary N) is 1. The van der Waals surface area contributed by atoms with Crippen molar-refractivity contribution in [1.29, 1.82) is 0 Å². The van der Waals surface area contributed by atoms with Crippen molar-refractivity contribution < 1.29 is 12.8 Å². The van der Waals surface area contributed by atoms with E-state index in [4.69, 9.17) is 16.0 Å². The van der Waals surface area contributed by atoms with Gasteiger partial charge in [0.2, 0.25) is 10.0 Å². The van der Waals surface area contributed by atoms with Gasteiger partial charge in [-0.15, -0.1) is 0 Å². The fraction of sp³-hybridized carbons (Fsp3) is 0.240. The van der Waals surface area contributed by atoms with Crippen LogP contribution in [0.5, 0.6) is 0 Å². The lowest BCUT2D eigenvalue weighted by Crippen LogP contribution is -2.30. The number of hydrogen-bond acceptors (Lipinski definition) is 5. The Balaban J connectivity index is 1.36. The third-order valence-electron chi connectivity index (χ3n) is 6.24. The average Bonchev–Trinajstić information content (AvgIpc) is 3.13. The molecule has 2 heterocycles. The second-order valence-electron chi connectivity index (χ2n) is 8.41. The third-order valence-corrected chi connectivity index (χ3v) is 8.33. The first-order valence-corrected chi connectivity index (χ1v) is 12.9. The molecule has 176 valence electrons. The van der Waals surface area contributed by atoms with Gasteiger partial charge in [0.15, 0.2) is 5.58 Å². The SMILES string of the molecule is CN(CCCN1c2ccccc2CCc2ccc(Cl)cc21)S(=O)(=O)c1ccc2[nH]c(=O)oc2c1. The summed E-state index contributed by atoms with van der Waals surface area (Å²) < 4.78 is 32.6. The molecule has 7 nitrogen and oxygen atoms in total. The maximum Gasteiger partial charge on any atom is 0.417 e. The summed E-state index contributed by atoms with van der Waals surface area (Å²) in [5.74, 6) is -0.615. The van der Waals surface area contributed by atoms with Crippen LogP contribution in [0.1, 0.15) is 17.5 Å². The summed E-state index contributed by atoms with van der Waals surface area (Å²) in [6.45, 7) is 0.960. The van der Waals surface area contributed by atoms with Gasteiger partial charge in [-0.05, 0) is 60.7 Å². The van der Waals surface area contributed by atoms with Crippen molar-refractivity contribution in [2.45, 2.75) is 24.2 Å². The second kappa shape index (κ2) is 8.94. The van der Waals surface area contributed by atoms with Gasteiger partial charge in [0.25, 0.3) is 0 Å². The van der Waals surface area contributed by atoms with E-state index in [2.05, 4.69) is 28.1 Å². The molecule has 0 bridgehead atoms. The molecule has 0 saturated carbocycles. The van der Waals surface area contributed by atoms with Gasteiger partial charge in [0.05, 0.1) is 10.4 Å². The number of aromatic amines is 1. The number of rotatable bonds is 6. The number of hydrogen-bond donors (Lipinski definition) is 1. The standard InChI is InChI=1S/C25H24ClN3O4S/c1-28(34(31,32)20-11-12-21-24(16-20)33-25(30)27-21)13-4-14-29-22-6-3-2-5-17(22)7-8-18-9-10-19(26)15-23(18)29/h2-3,5-6,9-12,15-16H,4,7-8,13-14H2,1H3,(H,27,30). The fourth-order valence-corrected chi connectivity index (χ4v) is 5.85. The van der Waals surface area contributed by atoms with Crippen LogP contribution in [0.15, 0.2) is 74.8 Å². The Labute approximate surface area is 202 Å². The largest absolute Gasteiger partial charge is 0.417 e. The minimum Gasteiger partial charge on any atom is -0.408 e. The lowest BCUT2D eigenvalue weighted by molar-refractivity contribution is 0.463. The average molecular weight is 498 g/mol. The lowest BCUT2D eigenvalue weighted by Gasteiger charge is -2.28. The van der Waals surface area contributed by atoms with Crippen molar-refractivity contribution in [2.75, 3.05) is 25.0 Å². The van der Waals surface area contributed by atoms with Crippen LogP contribution in [0, 0.1) is 0 Å². The van der Waals surface area contributed by atoms with Crippen LogP contribution in [-0.4, -0.2) is 37.8 Å². The molecule has 0 saturated heterocycles. The van der Waals surface area contributed by atoms with Crippen molar-refractivity contribution in [3.8, 4) is 0 Å². The lowest BCUT2D eigenvalue weighted by atomic mass is 10.0. The number of aromatic nitrogens is 1. The maximum atomic E-state index is 13.1. The smallest absolute Gasteiger partial charge is 0.408 e. The summed E-state index contributed by atoms with van der Waals surface area (Å²) in [6, 6.07) is 18.7. The number of anilines is 2. The molecule has 1 aliphatic heterocycles. The van der Waals surface area contributed by atoms with Crippen LogP contribution in [0.4, 0.5) is 11.4 Å². The molecule has 4 aromatic rings. The van der Waals surface area contributed by atoms with Gasteiger partial charge in [0, 0.05) is 42.6 Å². The van der Waals surface area contributed by atoms with E-state index >= 15 is 0 Å². The molecule has 0 fully saturated rings. The summed E-state index contributed by atoms with van der Waals surface area (Å²) in [6.07, 6.45) is 2.47. The summed E-state index contributed by atoms with van der Waals surface area (Å²) in [7, 11) is -2.18. The molecule has 0 amide bonds. The molecular formula is C25H24ClN3O4S. The predicted octanol–water partition coefficient (Wildman–Crippen LogP) is 4.72. The van der Waals surface area contributed by atoms with E-state index in [0.717, 1.165) is 24.2 Å². The van der Waals surface area contributed by atoms with Gasteiger partial charge in [0.1, 0.15) is 0 Å². The Morgan fingerprint density at radius 2 is 1.79 bits per heavy atom. The van der Waals surface area contributed by atoms with Crippen LogP contribution in [0.25, 0.3) is 11.1 Å². The van der Waals surface area contributed by atoms with Gasteiger partial charge in [-0.2, -0.15) is 0 Å². The molecule has 0 atom stereocenters. The number of oxazole rings is 1. The van der Waals surface area contributed by atoms with E-state index in [1.165, 1.54) is 33.6 Å². The number of aryl methyl sites for hydroxylation is 2. The quantitative estimate of drug-likeness (QED) is 0.416. The highest BCUT2D eigenvalue weighted by molar-refractivity contribution is 7.89. The zero-order valence-electron chi connectivity index (χ0n) is 18.6. The van der Waals surface area contributed by atoms with Crippen LogP contribution >= 0.6 is 11.6 Å². The first-order valence-electron chi connectivity index (χ1n) is 11.1. The Bertz CT molecular complexity index is 1530. The molecule has 1 N–H and O–H groups in total. The fourth-order valence-electron chi connectivity index (χ4n) is 4.46. The van der Waals surface area contributed by atoms with E-state index in [-0.39, 0.29) is 10.5 Å². The third kappa shape index (κ3) is 4.24. The highest BCUT2D eigenvalue weighted by atomic mass is 35.5. The number of halogens is 1. The Hall–Kier alpha value is -3.07. The van der Waals surface area contributed by atoms with Crippen LogP contribution < -0.4 is 10.7 Å². The Kier molecular flexibility index (Phi) is 5.97. The van der Waals surface area contributed by atoms with Crippen molar-refractivity contribution in [1.82, 2.24) is 9.29 Å². The topological polar surface area (TPSA) is 86.6 Å². The normalized spacial score (nSPS) is 13.7. The molecule has 1 aliphatic rings. The van der Waals surface area contributed by atoms with Crippen LogP contribution in [0.2, 0.25) is 5.02 Å². The van der Waals surface area contributed by atoms with Crippen LogP contribution in [0.3, 0.4) is 0 Å². The van der Waals surface area contributed by atoms with Gasteiger partial charge in [-0.1, -0.05) is 35.9 Å². The number of benzene rings is 3. The van der Waals surface area contributed by atoms with E-state index in [1.807, 2.05) is 24.3 Å². The number of fused-ring (bicyclic) bond motifs is 3. The maximum absolute atomic E-state index is 13.1. The van der Waals surface area contributed by atoms with Gasteiger partial charge < -0.3 is 9.32 Å². The molecule has 0 aliphatic carbocycles. The molecule has 9 heteroatoms. The highest BCUT2D eigenvalue weighted by Gasteiger charge is 2.24. The summed E-state index contributed by atoms with van der Waals surface area (Å²) >= 11 is 6.33. The number of H-pyrrole nitrogens is 1. The van der Waals surface area contributed by atoms with E-state index in [0.29, 0.717) is 30.0 Å². The Morgan fingerprint density at radius 1 is 1.03 bits per heavy atom. The molecule has 0 radical (unpaired) electrons. The van der Waals surface area contributed by atoms with Gasteiger partial charge in [-0.25, -0.2) is 17.5 Å². The number of nitrogens with zero attached hydrogens (tertiary/aromatic N) is 2. The minimum atomic E-state index is -3.74. The van der Waals surface area contributed by atoms with Gasteiger partial charge >= 0.3 is 5.76 Å². The van der Waals surface area contributed by atoms with Gasteiger partial charge in [-0.3, -0.25) is 4.98 Å². The summed E-state index contributed by atoms with van der Waals surface area (Å²) in [5.41, 5.74) is 5.36.